The second-order valence-electron chi connectivity index (χ2n) is 9.41. The predicted octanol–water partition coefficient (Wildman–Crippen LogP) is 4.26. The van der Waals surface area contributed by atoms with Gasteiger partial charge in [0.05, 0.1) is 7.11 Å². The number of nitrogens with zero attached hydrogens (tertiary/aromatic N) is 4. The summed E-state index contributed by atoms with van der Waals surface area (Å²) in [6, 6.07) is 12.9. The number of fused-ring (bicyclic) bond motifs is 1. The molecule has 1 aromatic heterocycles. The molecule has 0 bridgehead atoms. The van der Waals surface area contributed by atoms with Crippen LogP contribution >= 0.6 is 11.6 Å². The third kappa shape index (κ3) is 7.87. The van der Waals surface area contributed by atoms with Gasteiger partial charge in [-0.25, -0.2) is 9.97 Å². The monoisotopic (exact) mass is 554 g/mol. The van der Waals surface area contributed by atoms with Crippen LogP contribution in [0.15, 0.2) is 48.8 Å². The van der Waals surface area contributed by atoms with Crippen molar-refractivity contribution < 1.29 is 19.0 Å². The normalized spacial score (nSPS) is 13.9. The number of ether oxygens (including phenoxy) is 3. The molecular weight excluding hydrogens is 520 g/mol. The van der Waals surface area contributed by atoms with E-state index in [9.17, 15) is 4.79 Å². The van der Waals surface area contributed by atoms with Crippen molar-refractivity contribution in [1.29, 1.82) is 0 Å². The number of halogens is 1. The van der Waals surface area contributed by atoms with Gasteiger partial charge in [0.2, 0.25) is 6.41 Å². The Labute approximate surface area is 234 Å². The van der Waals surface area contributed by atoms with Crippen LogP contribution in [0.4, 0.5) is 17.3 Å². The number of aromatic nitrogens is 2. The Balaban J connectivity index is 1.36. The predicted molar refractivity (Wildman–Crippen MR) is 153 cm³/mol. The first kappa shape index (κ1) is 28.3. The number of rotatable bonds is 15. The molecular formula is C28H35ClN6O4. The molecule has 1 atom stereocenters. The summed E-state index contributed by atoms with van der Waals surface area (Å²) >= 11 is 5.91. The topological polar surface area (TPSA) is 101 Å². The second-order valence-corrected chi connectivity index (χ2v) is 9.84. The van der Waals surface area contributed by atoms with Crippen molar-refractivity contribution in [2.75, 3.05) is 71.2 Å². The lowest BCUT2D eigenvalue weighted by atomic mass is 10.0. The smallest absolute Gasteiger partial charge is 0.209 e. The van der Waals surface area contributed by atoms with Crippen molar-refractivity contribution >= 4 is 35.3 Å². The summed E-state index contributed by atoms with van der Waals surface area (Å²) in [6.07, 6.45) is 3.33. The van der Waals surface area contributed by atoms with Gasteiger partial charge in [-0.1, -0.05) is 11.6 Å². The molecule has 11 heteroatoms. The quantitative estimate of drug-likeness (QED) is 0.211. The number of carbonyl (C=O) groups is 1. The van der Waals surface area contributed by atoms with E-state index in [1.807, 2.05) is 30.3 Å². The van der Waals surface area contributed by atoms with Crippen molar-refractivity contribution in [1.82, 2.24) is 19.8 Å². The summed E-state index contributed by atoms with van der Waals surface area (Å²) in [4.78, 5) is 23.8. The molecule has 208 valence electrons. The molecule has 0 spiro atoms. The number of methoxy groups -OCH3 is 1. The highest BCUT2D eigenvalue weighted by molar-refractivity contribution is 6.30. The number of likely N-dealkylation sites (N-methyl/N-ethyl adjacent to an activating group) is 1. The SMILES string of the molecule is COc1cc(Nc2ncnc3c2C(CN(C)CCCN(C)C=O)CN3)ccc1OCCOc1ccc(Cl)cc1. The zero-order valence-electron chi connectivity index (χ0n) is 22.5. The summed E-state index contributed by atoms with van der Waals surface area (Å²) in [5.74, 6) is 3.79. The van der Waals surface area contributed by atoms with Gasteiger partial charge in [-0.05, 0) is 56.4 Å². The van der Waals surface area contributed by atoms with E-state index >= 15 is 0 Å². The fraction of sp³-hybridized carbons (Fsp3) is 0.393. The zero-order chi connectivity index (χ0) is 27.6. The van der Waals surface area contributed by atoms with Crippen LogP contribution in [0, 0.1) is 0 Å². The van der Waals surface area contributed by atoms with Crippen molar-refractivity contribution in [3.63, 3.8) is 0 Å². The lowest BCUT2D eigenvalue weighted by Gasteiger charge is -2.22. The van der Waals surface area contributed by atoms with Gasteiger partial charge in [0.25, 0.3) is 0 Å². The maximum atomic E-state index is 10.8. The molecule has 0 saturated heterocycles. The number of benzene rings is 2. The molecule has 3 aromatic rings. The van der Waals surface area contributed by atoms with Gasteiger partial charge in [0, 0.05) is 54.9 Å². The van der Waals surface area contributed by atoms with E-state index in [2.05, 4.69) is 32.5 Å². The summed E-state index contributed by atoms with van der Waals surface area (Å²) in [6.45, 7) is 4.01. The van der Waals surface area contributed by atoms with Gasteiger partial charge in [-0.3, -0.25) is 4.79 Å². The number of amides is 1. The number of nitrogens with one attached hydrogen (secondary N) is 2. The Kier molecular flexibility index (Phi) is 10.0. The Morgan fingerprint density at radius 2 is 1.87 bits per heavy atom. The first-order valence-electron chi connectivity index (χ1n) is 12.9. The van der Waals surface area contributed by atoms with E-state index in [1.54, 1.807) is 37.5 Å². The molecule has 1 aliphatic heterocycles. The fourth-order valence-electron chi connectivity index (χ4n) is 4.45. The van der Waals surface area contributed by atoms with E-state index in [-0.39, 0.29) is 5.92 Å². The van der Waals surface area contributed by atoms with Crippen molar-refractivity contribution in [3.8, 4) is 17.2 Å². The van der Waals surface area contributed by atoms with Gasteiger partial charge in [0.1, 0.15) is 36.9 Å². The molecule has 1 amide bonds. The highest BCUT2D eigenvalue weighted by Gasteiger charge is 2.28. The third-order valence-corrected chi connectivity index (χ3v) is 6.67. The molecule has 10 nitrogen and oxygen atoms in total. The van der Waals surface area contributed by atoms with E-state index in [0.29, 0.717) is 29.7 Å². The summed E-state index contributed by atoms with van der Waals surface area (Å²) in [5.41, 5.74) is 1.89. The average Bonchev–Trinajstić information content (AvgIpc) is 3.35. The molecule has 0 saturated carbocycles. The van der Waals surface area contributed by atoms with Crippen molar-refractivity contribution in [2.45, 2.75) is 12.3 Å². The largest absolute Gasteiger partial charge is 0.493 e. The minimum Gasteiger partial charge on any atom is -0.493 e. The molecule has 0 aliphatic carbocycles. The van der Waals surface area contributed by atoms with Crippen LogP contribution in [-0.4, -0.2) is 86.8 Å². The number of hydrogen-bond donors (Lipinski definition) is 2. The Morgan fingerprint density at radius 3 is 2.64 bits per heavy atom. The molecule has 0 radical (unpaired) electrons. The molecule has 4 rings (SSSR count). The number of anilines is 3. The summed E-state index contributed by atoms with van der Waals surface area (Å²) in [5, 5.41) is 7.51. The standard InChI is InChI=1S/C28H35ClN6O4/c1-34(11-4-12-35(2)19-36)17-20-16-30-27-26(20)28(32-18-31-27)33-22-7-10-24(25(15-22)37-3)39-14-13-38-23-8-5-21(29)6-9-23/h5-10,15,18-20H,4,11-14,16-17H2,1-3H3,(H2,30,31,32,33). The first-order chi connectivity index (χ1) is 19.0. The van der Waals surface area contributed by atoms with Gasteiger partial charge in [-0.15, -0.1) is 0 Å². The Hall–Kier alpha value is -3.76. The number of hydrogen-bond acceptors (Lipinski definition) is 9. The Bertz CT molecular complexity index is 1230. The molecule has 2 heterocycles. The lowest BCUT2D eigenvalue weighted by molar-refractivity contribution is -0.117. The van der Waals surface area contributed by atoms with Crippen molar-refractivity contribution in [2.24, 2.45) is 0 Å². The fourth-order valence-corrected chi connectivity index (χ4v) is 4.58. The number of carbonyl (C=O) groups excluding carboxylic acids is 1. The van der Waals surface area contributed by atoms with Crippen LogP contribution in [0.2, 0.25) is 5.02 Å². The van der Waals surface area contributed by atoms with Gasteiger partial charge < -0.3 is 34.6 Å². The van der Waals surface area contributed by atoms with E-state index < -0.39 is 0 Å². The van der Waals surface area contributed by atoms with Gasteiger partial charge in [0.15, 0.2) is 11.5 Å². The maximum Gasteiger partial charge on any atom is 0.209 e. The summed E-state index contributed by atoms with van der Waals surface area (Å²) in [7, 11) is 5.51. The average molecular weight is 555 g/mol. The minimum absolute atomic E-state index is 0.225. The third-order valence-electron chi connectivity index (χ3n) is 6.42. The minimum atomic E-state index is 0.225. The molecule has 0 fully saturated rings. The van der Waals surface area contributed by atoms with Crippen molar-refractivity contribution in [3.05, 3.63) is 59.4 Å². The molecule has 2 aromatic carbocycles. The first-order valence-corrected chi connectivity index (χ1v) is 13.2. The van der Waals surface area contributed by atoms with E-state index in [1.165, 1.54) is 0 Å². The van der Waals surface area contributed by atoms with Gasteiger partial charge >= 0.3 is 0 Å². The van der Waals surface area contributed by atoms with Crippen LogP contribution in [-0.2, 0) is 4.79 Å². The second kappa shape index (κ2) is 13.9. The van der Waals surface area contributed by atoms with Gasteiger partial charge in [-0.2, -0.15) is 0 Å². The van der Waals surface area contributed by atoms with Crippen LogP contribution < -0.4 is 24.8 Å². The zero-order valence-corrected chi connectivity index (χ0v) is 23.3. The van der Waals surface area contributed by atoms with E-state index in [0.717, 1.165) is 67.6 Å². The highest BCUT2D eigenvalue weighted by Crippen LogP contribution is 2.37. The molecule has 1 unspecified atom stereocenters. The molecule has 1 aliphatic rings. The van der Waals surface area contributed by atoms with E-state index in [4.69, 9.17) is 25.8 Å². The van der Waals surface area contributed by atoms with Crippen LogP contribution in [0.1, 0.15) is 17.9 Å². The van der Waals surface area contributed by atoms with Crippen LogP contribution in [0.3, 0.4) is 0 Å². The maximum absolute atomic E-state index is 10.8. The highest BCUT2D eigenvalue weighted by atomic mass is 35.5. The summed E-state index contributed by atoms with van der Waals surface area (Å²) < 4.78 is 17.2. The molecule has 2 N–H and O–H groups in total. The van der Waals surface area contributed by atoms with Crippen LogP contribution in [0.5, 0.6) is 17.2 Å². The molecule has 39 heavy (non-hydrogen) atoms. The lowest BCUT2D eigenvalue weighted by Crippen LogP contribution is -2.29. The van der Waals surface area contributed by atoms with Crippen LogP contribution in [0.25, 0.3) is 0 Å². The Morgan fingerprint density at radius 1 is 1.08 bits per heavy atom.